The molecule has 1 aliphatic heterocycles. The maximum Gasteiger partial charge on any atom is 0.256 e. The van der Waals surface area contributed by atoms with Crippen molar-refractivity contribution in [2.75, 3.05) is 31.9 Å². The molecule has 4 nitrogen and oxygen atoms in total. The van der Waals surface area contributed by atoms with Crippen molar-refractivity contribution in [3.63, 3.8) is 0 Å². The Morgan fingerprint density at radius 1 is 0.966 bits per heavy atom. The van der Waals surface area contributed by atoms with Gasteiger partial charge in [-0.1, -0.05) is 23.7 Å². The molecule has 1 heterocycles. The number of benzene rings is 2. The molecular formula is C22H24ClFN2O2S. The Kier molecular flexibility index (Phi) is 7.95. The molecule has 0 saturated carbocycles. The van der Waals surface area contributed by atoms with Gasteiger partial charge in [0, 0.05) is 42.5 Å². The molecule has 0 unspecified atom stereocenters. The number of halogens is 2. The highest BCUT2D eigenvalue weighted by atomic mass is 35.5. The zero-order valence-electron chi connectivity index (χ0n) is 16.2. The average molecular weight is 435 g/mol. The van der Waals surface area contributed by atoms with Crippen LogP contribution in [0.3, 0.4) is 0 Å². The lowest BCUT2D eigenvalue weighted by Gasteiger charge is -2.22. The van der Waals surface area contributed by atoms with Crippen LogP contribution in [0, 0.1) is 5.82 Å². The minimum absolute atomic E-state index is 0.0894. The van der Waals surface area contributed by atoms with Crippen molar-refractivity contribution >= 4 is 35.2 Å². The van der Waals surface area contributed by atoms with Crippen molar-refractivity contribution in [3.05, 3.63) is 64.9 Å². The second-order valence-corrected chi connectivity index (χ2v) is 8.52. The van der Waals surface area contributed by atoms with Crippen LogP contribution >= 0.6 is 23.4 Å². The zero-order valence-corrected chi connectivity index (χ0v) is 17.7. The van der Waals surface area contributed by atoms with Crippen LogP contribution in [-0.4, -0.2) is 53.5 Å². The first-order chi connectivity index (χ1) is 14.0. The van der Waals surface area contributed by atoms with Crippen LogP contribution in [0.1, 0.15) is 29.6 Å². The van der Waals surface area contributed by atoms with Crippen LogP contribution in [-0.2, 0) is 4.79 Å². The molecule has 2 amide bonds. The zero-order chi connectivity index (χ0) is 20.6. The molecule has 0 bridgehead atoms. The number of hydrogen-bond acceptors (Lipinski definition) is 3. The van der Waals surface area contributed by atoms with E-state index in [2.05, 4.69) is 0 Å². The van der Waals surface area contributed by atoms with Crippen molar-refractivity contribution in [1.29, 1.82) is 0 Å². The Bertz CT molecular complexity index is 847. The molecule has 0 N–H and O–H groups in total. The van der Waals surface area contributed by atoms with Crippen LogP contribution < -0.4 is 0 Å². The number of rotatable bonds is 6. The molecule has 29 heavy (non-hydrogen) atoms. The van der Waals surface area contributed by atoms with Gasteiger partial charge in [0.1, 0.15) is 5.82 Å². The smallest absolute Gasteiger partial charge is 0.256 e. The van der Waals surface area contributed by atoms with E-state index in [1.807, 2.05) is 29.2 Å². The summed E-state index contributed by atoms with van der Waals surface area (Å²) in [5.41, 5.74) is 0.0894. The van der Waals surface area contributed by atoms with Gasteiger partial charge < -0.3 is 9.80 Å². The Morgan fingerprint density at radius 3 is 2.41 bits per heavy atom. The standard InChI is InChI=1S/C22H24ClFN2O2S/c23-17-8-10-18(11-9-17)29-16-3-7-21(27)25-12-4-13-26(15-14-25)22(28)19-5-1-2-6-20(19)24/h1-2,5-6,8-11H,3-4,7,12-16H2. The van der Waals surface area contributed by atoms with Gasteiger partial charge in [-0.25, -0.2) is 4.39 Å². The lowest BCUT2D eigenvalue weighted by atomic mass is 10.2. The first-order valence-corrected chi connectivity index (χ1v) is 11.1. The molecule has 2 aromatic carbocycles. The summed E-state index contributed by atoms with van der Waals surface area (Å²) in [5, 5.41) is 0.716. The Morgan fingerprint density at radius 2 is 1.66 bits per heavy atom. The highest BCUT2D eigenvalue weighted by Crippen LogP contribution is 2.21. The summed E-state index contributed by atoms with van der Waals surface area (Å²) < 4.78 is 13.9. The van der Waals surface area contributed by atoms with E-state index in [9.17, 15) is 14.0 Å². The average Bonchev–Trinajstić information content (AvgIpc) is 2.98. The van der Waals surface area contributed by atoms with E-state index in [-0.39, 0.29) is 17.4 Å². The lowest BCUT2D eigenvalue weighted by molar-refractivity contribution is -0.131. The van der Waals surface area contributed by atoms with Crippen LogP contribution in [0.5, 0.6) is 0 Å². The van der Waals surface area contributed by atoms with Gasteiger partial charge in [0.25, 0.3) is 5.91 Å². The van der Waals surface area contributed by atoms with Gasteiger partial charge in [-0.05, 0) is 55.0 Å². The Labute approximate surface area is 180 Å². The van der Waals surface area contributed by atoms with Gasteiger partial charge in [0.2, 0.25) is 5.91 Å². The second-order valence-electron chi connectivity index (χ2n) is 6.91. The van der Waals surface area contributed by atoms with E-state index in [0.29, 0.717) is 44.0 Å². The maximum absolute atomic E-state index is 13.9. The number of nitrogens with zero attached hydrogens (tertiary/aromatic N) is 2. The van der Waals surface area contributed by atoms with E-state index >= 15 is 0 Å². The molecule has 0 aromatic heterocycles. The number of carbonyl (C=O) groups is 2. The number of hydrogen-bond donors (Lipinski definition) is 0. The fourth-order valence-electron chi connectivity index (χ4n) is 3.28. The largest absolute Gasteiger partial charge is 0.341 e. The fourth-order valence-corrected chi connectivity index (χ4v) is 4.26. The van der Waals surface area contributed by atoms with Gasteiger partial charge in [-0.2, -0.15) is 0 Å². The molecular weight excluding hydrogens is 411 g/mol. The SMILES string of the molecule is O=C(CCCSc1ccc(Cl)cc1)N1CCCN(C(=O)c2ccccc2F)CC1. The highest BCUT2D eigenvalue weighted by molar-refractivity contribution is 7.99. The molecule has 0 spiro atoms. The molecule has 1 aliphatic rings. The molecule has 0 aliphatic carbocycles. The minimum Gasteiger partial charge on any atom is -0.341 e. The van der Waals surface area contributed by atoms with Crippen molar-refractivity contribution in [2.24, 2.45) is 0 Å². The summed E-state index contributed by atoms with van der Waals surface area (Å²) in [6, 6.07) is 13.7. The van der Waals surface area contributed by atoms with Crippen LogP contribution in [0.4, 0.5) is 4.39 Å². The predicted octanol–water partition coefficient (Wildman–Crippen LogP) is 4.73. The molecule has 1 fully saturated rings. The molecule has 2 aromatic rings. The van der Waals surface area contributed by atoms with Crippen LogP contribution in [0.15, 0.2) is 53.4 Å². The van der Waals surface area contributed by atoms with Crippen molar-refractivity contribution < 1.29 is 14.0 Å². The number of amides is 2. The van der Waals surface area contributed by atoms with Crippen molar-refractivity contribution in [1.82, 2.24) is 9.80 Å². The lowest BCUT2D eigenvalue weighted by Crippen LogP contribution is -2.37. The minimum atomic E-state index is -0.507. The van der Waals surface area contributed by atoms with Crippen molar-refractivity contribution in [2.45, 2.75) is 24.2 Å². The monoisotopic (exact) mass is 434 g/mol. The van der Waals surface area contributed by atoms with E-state index in [1.54, 1.807) is 28.8 Å². The van der Waals surface area contributed by atoms with Gasteiger partial charge in [0.15, 0.2) is 0 Å². The van der Waals surface area contributed by atoms with Crippen molar-refractivity contribution in [3.8, 4) is 0 Å². The van der Waals surface area contributed by atoms with E-state index in [0.717, 1.165) is 17.1 Å². The summed E-state index contributed by atoms with van der Waals surface area (Å²) in [4.78, 5) is 29.7. The summed E-state index contributed by atoms with van der Waals surface area (Å²) in [6.45, 7) is 2.08. The second kappa shape index (κ2) is 10.6. The molecule has 0 atom stereocenters. The summed E-state index contributed by atoms with van der Waals surface area (Å²) >= 11 is 7.59. The van der Waals surface area contributed by atoms with E-state index in [1.165, 1.54) is 12.1 Å². The third-order valence-electron chi connectivity index (χ3n) is 4.86. The normalized spacial score (nSPS) is 14.6. The summed E-state index contributed by atoms with van der Waals surface area (Å²) in [6.07, 6.45) is 1.98. The van der Waals surface area contributed by atoms with E-state index in [4.69, 9.17) is 11.6 Å². The first kappa shape index (κ1) is 21.7. The van der Waals surface area contributed by atoms with E-state index < -0.39 is 5.82 Å². The summed E-state index contributed by atoms with van der Waals surface area (Å²) in [5.74, 6) is 0.158. The third-order valence-corrected chi connectivity index (χ3v) is 6.21. The summed E-state index contributed by atoms with van der Waals surface area (Å²) in [7, 11) is 0. The molecule has 3 rings (SSSR count). The number of thioether (sulfide) groups is 1. The topological polar surface area (TPSA) is 40.6 Å². The predicted molar refractivity (Wildman–Crippen MR) is 115 cm³/mol. The molecule has 7 heteroatoms. The van der Waals surface area contributed by atoms with Crippen LogP contribution in [0.25, 0.3) is 0 Å². The van der Waals surface area contributed by atoms with Crippen LogP contribution in [0.2, 0.25) is 5.02 Å². The first-order valence-electron chi connectivity index (χ1n) is 9.74. The molecule has 1 saturated heterocycles. The molecule has 154 valence electrons. The Hall–Kier alpha value is -2.05. The highest BCUT2D eigenvalue weighted by Gasteiger charge is 2.24. The fraction of sp³-hybridized carbons (Fsp3) is 0.364. The third kappa shape index (κ3) is 6.21. The molecule has 0 radical (unpaired) electrons. The van der Waals surface area contributed by atoms with Gasteiger partial charge >= 0.3 is 0 Å². The van der Waals surface area contributed by atoms with Gasteiger partial charge in [-0.15, -0.1) is 11.8 Å². The Balaban J connectivity index is 1.43. The quantitative estimate of drug-likeness (QED) is 0.487. The maximum atomic E-state index is 13.9. The van der Waals surface area contributed by atoms with Gasteiger partial charge in [0.05, 0.1) is 5.56 Å². The van der Waals surface area contributed by atoms with Gasteiger partial charge in [-0.3, -0.25) is 9.59 Å². The number of carbonyl (C=O) groups excluding carboxylic acids is 2.